The van der Waals surface area contributed by atoms with Crippen LogP contribution < -0.4 is 10.6 Å². The van der Waals surface area contributed by atoms with E-state index in [1.165, 1.54) is 0 Å². The molecular weight excluding hydrogens is 284 g/mol. The van der Waals surface area contributed by atoms with Crippen LogP contribution in [-0.2, 0) is 11.2 Å². The van der Waals surface area contributed by atoms with Gasteiger partial charge in [0.1, 0.15) is 0 Å². The van der Waals surface area contributed by atoms with Gasteiger partial charge in [-0.1, -0.05) is 54.1 Å². The van der Waals surface area contributed by atoms with E-state index in [1.54, 1.807) is 0 Å². The fraction of sp³-hybridized carbons (Fsp3) is 0.235. The summed E-state index contributed by atoms with van der Waals surface area (Å²) in [5, 5.41) is 7.14. The maximum atomic E-state index is 12.0. The summed E-state index contributed by atoms with van der Waals surface area (Å²) in [6.07, 6.45) is 0.691. The molecule has 2 aromatic carbocycles. The van der Waals surface area contributed by atoms with E-state index in [4.69, 9.17) is 11.6 Å². The van der Waals surface area contributed by atoms with Gasteiger partial charge >= 0.3 is 0 Å². The summed E-state index contributed by atoms with van der Waals surface area (Å²) in [5.74, 6) is 0.0593. The van der Waals surface area contributed by atoms with Crippen LogP contribution in [-0.4, -0.2) is 18.5 Å². The highest BCUT2D eigenvalue weighted by molar-refractivity contribution is 6.30. The van der Waals surface area contributed by atoms with Gasteiger partial charge in [0, 0.05) is 11.6 Å². The van der Waals surface area contributed by atoms with Gasteiger partial charge in [0.05, 0.1) is 12.1 Å². The number of nitrogens with one attached hydrogen (secondary N) is 2. The summed E-state index contributed by atoms with van der Waals surface area (Å²) in [7, 11) is 0. The number of benzene rings is 2. The van der Waals surface area contributed by atoms with Gasteiger partial charge in [-0.2, -0.15) is 0 Å². The van der Waals surface area contributed by atoms with Crippen molar-refractivity contribution in [2.75, 3.05) is 6.54 Å². The van der Waals surface area contributed by atoms with Crippen molar-refractivity contribution in [1.29, 1.82) is 0 Å². The SMILES string of the molecule is O=C1NC[C@@H](c2ccc(Cl)cc2)N[C@H]1Cc1ccccc1. The van der Waals surface area contributed by atoms with Crippen LogP contribution >= 0.6 is 11.6 Å². The molecule has 1 saturated heterocycles. The first kappa shape index (κ1) is 14.1. The van der Waals surface area contributed by atoms with Crippen molar-refractivity contribution >= 4 is 17.5 Å². The summed E-state index contributed by atoms with van der Waals surface area (Å²) >= 11 is 5.92. The van der Waals surface area contributed by atoms with E-state index in [9.17, 15) is 4.79 Å². The second kappa shape index (κ2) is 6.29. The van der Waals surface area contributed by atoms with Gasteiger partial charge in [-0.05, 0) is 29.7 Å². The van der Waals surface area contributed by atoms with Crippen molar-refractivity contribution in [1.82, 2.24) is 10.6 Å². The predicted octanol–water partition coefficient (Wildman–Crippen LogP) is 2.71. The molecule has 2 aromatic rings. The standard InChI is InChI=1S/C17H17ClN2O/c18-14-8-6-13(7-9-14)16-11-19-17(21)15(20-16)10-12-4-2-1-3-5-12/h1-9,15-16,20H,10-11H2,(H,19,21)/t15-,16-/m0/s1. The fourth-order valence-electron chi connectivity index (χ4n) is 2.61. The zero-order valence-electron chi connectivity index (χ0n) is 11.6. The van der Waals surface area contributed by atoms with Crippen molar-refractivity contribution in [3.05, 3.63) is 70.7 Å². The van der Waals surface area contributed by atoms with E-state index < -0.39 is 0 Å². The van der Waals surface area contributed by atoms with Gasteiger partial charge in [0.15, 0.2) is 0 Å². The van der Waals surface area contributed by atoms with Crippen LogP contribution in [0, 0.1) is 0 Å². The lowest BCUT2D eigenvalue weighted by Crippen LogP contribution is -2.55. The largest absolute Gasteiger partial charge is 0.353 e. The number of rotatable bonds is 3. The first-order valence-corrected chi connectivity index (χ1v) is 7.43. The van der Waals surface area contributed by atoms with E-state index >= 15 is 0 Å². The zero-order chi connectivity index (χ0) is 14.7. The first-order chi connectivity index (χ1) is 10.2. The third kappa shape index (κ3) is 3.43. The lowest BCUT2D eigenvalue weighted by Gasteiger charge is -2.31. The normalized spacial score (nSPS) is 21.9. The molecule has 0 radical (unpaired) electrons. The summed E-state index contributed by atoms with van der Waals surface area (Å²) < 4.78 is 0. The third-order valence-electron chi connectivity index (χ3n) is 3.75. The highest BCUT2D eigenvalue weighted by Gasteiger charge is 2.28. The first-order valence-electron chi connectivity index (χ1n) is 7.05. The van der Waals surface area contributed by atoms with Crippen LogP contribution in [0.2, 0.25) is 5.02 Å². The Balaban J connectivity index is 1.72. The molecule has 0 unspecified atom stereocenters. The van der Waals surface area contributed by atoms with E-state index in [2.05, 4.69) is 10.6 Å². The molecule has 1 fully saturated rings. The maximum absolute atomic E-state index is 12.0. The van der Waals surface area contributed by atoms with Gasteiger partial charge in [0.25, 0.3) is 0 Å². The summed E-state index contributed by atoms with van der Waals surface area (Å²) in [4.78, 5) is 12.0. The van der Waals surface area contributed by atoms with Crippen LogP contribution in [0.15, 0.2) is 54.6 Å². The monoisotopic (exact) mass is 300 g/mol. The molecule has 0 aromatic heterocycles. The Hall–Kier alpha value is -1.84. The van der Waals surface area contributed by atoms with Gasteiger partial charge in [-0.15, -0.1) is 0 Å². The van der Waals surface area contributed by atoms with Crippen LogP contribution in [0.1, 0.15) is 17.2 Å². The van der Waals surface area contributed by atoms with Gasteiger partial charge in [0.2, 0.25) is 5.91 Å². The number of piperazine rings is 1. The molecule has 3 rings (SSSR count). The Bertz CT molecular complexity index is 612. The van der Waals surface area contributed by atoms with Crippen molar-refractivity contribution in [2.45, 2.75) is 18.5 Å². The predicted molar refractivity (Wildman–Crippen MR) is 84.3 cm³/mol. The number of halogens is 1. The van der Waals surface area contributed by atoms with Gasteiger partial charge in [-0.25, -0.2) is 0 Å². The van der Waals surface area contributed by atoms with Crippen LogP contribution in [0.25, 0.3) is 0 Å². The summed E-state index contributed by atoms with van der Waals surface area (Å²) in [6, 6.07) is 17.7. The molecule has 1 aliphatic heterocycles. The van der Waals surface area contributed by atoms with E-state index in [-0.39, 0.29) is 18.0 Å². The molecule has 108 valence electrons. The van der Waals surface area contributed by atoms with Crippen molar-refractivity contribution in [2.24, 2.45) is 0 Å². The molecule has 1 aliphatic rings. The minimum Gasteiger partial charge on any atom is -0.353 e. The molecule has 3 nitrogen and oxygen atoms in total. The number of amides is 1. The van der Waals surface area contributed by atoms with Crippen molar-refractivity contribution in [3.8, 4) is 0 Å². The Labute approximate surface area is 129 Å². The molecule has 4 heteroatoms. The zero-order valence-corrected chi connectivity index (χ0v) is 12.3. The van der Waals surface area contributed by atoms with Crippen LogP contribution in [0.4, 0.5) is 0 Å². The highest BCUT2D eigenvalue weighted by atomic mass is 35.5. The van der Waals surface area contributed by atoms with Gasteiger partial charge in [-0.3, -0.25) is 10.1 Å². The van der Waals surface area contributed by atoms with Crippen molar-refractivity contribution < 1.29 is 4.79 Å². The molecule has 0 bridgehead atoms. The lowest BCUT2D eigenvalue weighted by atomic mass is 9.98. The Morgan fingerprint density at radius 1 is 1.05 bits per heavy atom. The van der Waals surface area contributed by atoms with Crippen LogP contribution in [0.3, 0.4) is 0 Å². The van der Waals surface area contributed by atoms with Crippen molar-refractivity contribution in [3.63, 3.8) is 0 Å². The minimum absolute atomic E-state index is 0.0593. The minimum atomic E-state index is -0.207. The summed E-state index contributed by atoms with van der Waals surface area (Å²) in [5.41, 5.74) is 2.29. The smallest absolute Gasteiger partial charge is 0.237 e. The molecule has 2 atom stereocenters. The molecule has 1 heterocycles. The van der Waals surface area contributed by atoms with Crippen LogP contribution in [0.5, 0.6) is 0 Å². The molecule has 0 saturated carbocycles. The molecule has 2 N–H and O–H groups in total. The van der Waals surface area contributed by atoms with E-state index in [0.717, 1.165) is 16.1 Å². The topological polar surface area (TPSA) is 41.1 Å². The average molecular weight is 301 g/mol. The Kier molecular flexibility index (Phi) is 4.23. The lowest BCUT2D eigenvalue weighted by molar-refractivity contribution is -0.125. The number of carbonyl (C=O) groups is 1. The van der Waals surface area contributed by atoms with Gasteiger partial charge < -0.3 is 5.32 Å². The molecule has 0 aliphatic carbocycles. The number of carbonyl (C=O) groups excluding carboxylic acids is 1. The second-order valence-electron chi connectivity index (χ2n) is 5.26. The fourth-order valence-corrected chi connectivity index (χ4v) is 2.74. The Morgan fingerprint density at radius 3 is 2.48 bits per heavy atom. The highest BCUT2D eigenvalue weighted by Crippen LogP contribution is 2.19. The second-order valence-corrected chi connectivity index (χ2v) is 5.69. The molecule has 21 heavy (non-hydrogen) atoms. The summed E-state index contributed by atoms with van der Waals surface area (Å²) in [6.45, 7) is 0.603. The van der Waals surface area contributed by atoms with E-state index in [0.29, 0.717) is 13.0 Å². The third-order valence-corrected chi connectivity index (χ3v) is 4.01. The quantitative estimate of drug-likeness (QED) is 0.915. The number of hydrogen-bond acceptors (Lipinski definition) is 2. The molecule has 0 spiro atoms. The average Bonchev–Trinajstić information content (AvgIpc) is 2.51. The molecule has 1 amide bonds. The Morgan fingerprint density at radius 2 is 1.76 bits per heavy atom. The molecular formula is C17H17ClN2O. The maximum Gasteiger partial charge on any atom is 0.237 e. The number of hydrogen-bond donors (Lipinski definition) is 2. The van der Waals surface area contributed by atoms with E-state index in [1.807, 2.05) is 54.6 Å².